The van der Waals surface area contributed by atoms with Crippen LogP contribution in [0.1, 0.15) is 56.7 Å². The zero-order chi connectivity index (χ0) is 21.0. The Labute approximate surface area is 175 Å². The third-order valence-corrected chi connectivity index (χ3v) is 6.76. The maximum Gasteiger partial charge on any atom is 0.248 e. The highest BCUT2D eigenvalue weighted by Crippen LogP contribution is 2.55. The lowest BCUT2D eigenvalue weighted by Gasteiger charge is -2.26. The highest BCUT2D eigenvalue weighted by Gasteiger charge is 2.55. The molecule has 1 saturated heterocycles. The van der Waals surface area contributed by atoms with Gasteiger partial charge in [-0.05, 0) is 43.9 Å². The molecule has 1 aliphatic heterocycles. The van der Waals surface area contributed by atoms with Crippen LogP contribution in [0.15, 0.2) is 6.20 Å². The largest absolute Gasteiger partial charge is 0.330 e. The van der Waals surface area contributed by atoms with Gasteiger partial charge in [0.15, 0.2) is 5.13 Å². The minimum atomic E-state index is -0.489. The van der Waals surface area contributed by atoms with Gasteiger partial charge < -0.3 is 10.2 Å². The minimum Gasteiger partial charge on any atom is -0.330 e. The van der Waals surface area contributed by atoms with E-state index in [2.05, 4.69) is 17.2 Å². The van der Waals surface area contributed by atoms with Crippen molar-refractivity contribution in [2.45, 2.75) is 64.8 Å². The van der Waals surface area contributed by atoms with Crippen molar-refractivity contribution in [1.29, 1.82) is 0 Å². The smallest absolute Gasteiger partial charge is 0.248 e. The molecule has 160 valence electrons. The van der Waals surface area contributed by atoms with Crippen LogP contribution in [-0.2, 0) is 14.4 Å². The SMILES string of the molecule is CCCC[C@H](CC(=O)N1CC2(CC2)C[C@H]1C(=O)Nc1ncc(C)s1)CN(O)C=O. The number of hydroxylamine groups is 2. The Hall–Kier alpha value is -2.00. The van der Waals surface area contributed by atoms with Gasteiger partial charge in [-0.15, -0.1) is 11.3 Å². The van der Waals surface area contributed by atoms with Crippen molar-refractivity contribution in [3.63, 3.8) is 0 Å². The fraction of sp³-hybridized carbons (Fsp3) is 0.700. The molecule has 2 atom stereocenters. The van der Waals surface area contributed by atoms with Gasteiger partial charge in [0.25, 0.3) is 0 Å². The molecule has 1 aromatic rings. The van der Waals surface area contributed by atoms with Crippen molar-refractivity contribution in [1.82, 2.24) is 14.9 Å². The molecule has 9 heteroatoms. The van der Waals surface area contributed by atoms with Crippen molar-refractivity contribution in [3.05, 3.63) is 11.1 Å². The minimum absolute atomic E-state index is 0.0790. The average molecular weight is 423 g/mol. The molecule has 8 nitrogen and oxygen atoms in total. The number of aryl methyl sites for hydroxylation is 1. The van der Waals surface area contributed by atoms with Gasteiger partial charge in [0.05, 0.1) is 6.54 Å². The fourth-order valence-electron chi connectivity index (χ4n) is 4.12. The lowest BCUT2D eigenvalue weighted by Crippen LogP contribution is -2.44. The number of anilines is 1. The number of carbonyl (C=O) groups excluding carboxylic acids is 3. The molecule has 0 aromatic carbocycles. The summed E-state index contributed by atoms with van der Waals surface area (Å²) >= 11 is 1.42. The van der Waals surface area contributed by atoms with Crippen LogP contribution in [0.3, 0.4) is 0 Å². The molecule has 2 N–H and O–H groups in total. The molecule has 29 heavy (non-hydrogen) atoms. The van der Waals surface area contributed by atoms with Gasteiger partial charge in [-0.2, -0.15) is 0 Å². The van der Waals surface area contributed by atoms with Crippen LogP contribution in [0.4, 0.5) is 5.13 Å². The van der Waals surface area contributed by atoms with E-state index >= 15 is 0 Å². The lowest BCUT2D eigenvalue weighted by atomic mass is 9.97. The molecular weight excluding hydrogens is 392 g/mol. The van der Waals surface area contributed by atoms with E-state index in [4.69, 9.17) is 0 Å². The van der Waals surface area contributed by atoms with Gasteiger partial charge in [-0.3, -0.25) is 19.6 Å². The maximum atomic E-state index is 13.1. The van der Waals surface area contributed by atoms with Crippen molar-refractivity contribution in [3.8, 4) is 0 Å². The van der Waals surface area contributed by atoms with Crippen molar-refractivity contribution < 1.29 is 19.6 Å². The number of unbranched alkanes of at least 4 members (excludes halogenated alkanes) is 1. The summed E-state index contributed by atoms with van der Waals surface area (Å²) in [5, 5.41) is 13.6. The lowest BCUT2D eigenvalue weighted by molar-refractivity contribution is -0.154. The summed E-state index contributed by atoms with van der Waals surface area (Å²) in [5.74, 6) is -0.387. The second-order valence-electron chi connectivity index (χ2n) is 8.45. The molecule has 1 saturated carbocycles. The summed E-state index contributed by atoms with van der Waals surface area (Å²) in [5.41, 5.74) is 0.0845. The zero-order valence-electron chi connectivity index (χ0n) is 17.1. The molecule has 1 aliphatic carbocycles. The first-order valence-electron chi connectivity index (χ1n) is 10.3. The molecule has 3 rings (SSSR count). The number of amides is 3. The van der Waals surface area contributed by atoms with E-state index in [-0.39, 0.29) is 36.1 Å². The standard InChI is InChI=1S/C20H30N4O4S/c1-3-4-5-15(11-23(28)13-25)8-17(26)24-12-20(6-7-20)9-16(24)18(27)22-19-21-10-14(2)29-19/h10,13,15-16,28H,3-9,11-12H2,1-2H3,(H,21,22,27)/t15-,16+/m1/s1. The van der Waals surface area contributed by atoms with Gasteiger partial charge >= 0.3 is 0 Å². The summed E-state index contributed by atoms with van der Waals surface area (Å²) in [6.45, 7) is 4.73. The number of thiazole rings is 1. The summed E-state index contributed by atoms with van der Waals surface area (Å²) < 4.78 is 0. The van der Waals surface area contributed by atoms with Gasteiger partial charge in [0.2, 0.25) is 18.2 Å². The molecule has 2 fully saturated rings. The van der Waals surface area contributed by atoms with Crippen LogP contribution in [0.25, 0.3) is 0 Å². The predicted molar refractivity (Wildman–Crippen MR) is 109 cm³/mol. The molecule has 2 heterocycles. The van der Waals surface area contributed by atoms with Gasteiger partial charge in [0.1, 0.15) is 6.04 Å². The number of hydrogen-bond donors (Lipinski definition) is 2. The van der Waals surface area contributed by atoms with Crippen molar-refractivity contribution in [2.24, 2.45) is 11.3 Å². The predicted octanol–water partition coefficient (Wildman–Crippen LogP) is 2.82. The normalized spacial score (nSPS) is 20.5. The third-order valence-electron chi connectivity index (χ3n) is 5.94. The number of carbonyl (C=O) groups is 3. The molecule has 2 aliphatic rings. The van der Waals surface area contributed by atoms with E-state index < -0.39 is 6.04 Å². The first kappa shape index (κ1) is 21.7. The third kappa shape index (κ3) is 5.54. The van der Waals surface area contributed by atoms with Crippen molar-refractivity contribution in [2.75, 3.05) is 18.4 Å². The fourth-order valence-corrected chi connectivity index (χ4v) is 4.78. The Balaban J connectivity index is 1.67. The Morgan fingerprint density at radius 3 is 2.86 bits per heavy atom. The van der Waals surface area contributed by atoms with Crippen LogP contribution < -0.4 is 5.32 Å². The highest BCUT2D eigenvalue weighted by atomic mass is 32.1. The Kier molecular flexibility index (Phi) is 6.89. The Morgan fingerprint density at radius 2 is 2.28 bits per heavy atom. The van der Waals surface area contributed by atoms with E-state index in [1.165, 1.54) is 11.3 Å². The van der Waals surface area contributed by atoms with Crippen LogP contribution in [-0.4, -0.2) is 57.5 Å². The van der Waals surface area contributed by atoms with Gasteiger partial charge in [-0.25, -0.2) is 10.0 Å². The van der Waals surface area contributed by atoms with Crippen LogP contribution in [0, 0.1) is 18.3 Å². The van der Waals surface area contributed by atoms with Crippen LogP contribution >= 0.6 is 11.3 Å². The number of hydrogen-bond acceptors (Lipinski definition) is 6. The molecule has 3 amide bonds. The average Bonchev–Trinajstić information content (AvgIpc) is 3.13. The molecule has 0 radical (unpaired) electrons. The molecule has 1 aromatic heterocycles. The second-order valence-corrected chi connectivity index (χ2v) is 9.68. The van der Waals surface area contributed by atoms with E-state index in [9.17, 15) is 19.6 Å². The highest BCUT2D eigenvalue weighted by molar-refractivity contribution is 7.15. The quantitative estimate of drug-likeness (QED) is 0.343. The molecular formula is C20H30N4O4S. The second kappa shape index (κ2) is 9.21. The van der Waals surface area contributed by atoms with E-state index in [1.54, 1.807) is 11.1 Å². The maximum absolute atomic E-state index is 13.1. The molecule has 0 unspecified atom stereocenters. The van der Waals surface area contributed by atoms with Crippen molar-refractivity contribution >= 4 is 34.7 Å². The summed E-state index contributed by atoms with van der Waals surface area (Å²) in [6, 6.07) is -0.489. The monoisotopic (exact) mass is 422 g/mol. The van der Waals surface area contributed by atoms with E-state index in [0.29, 0.717) is 29.6 Å². The zero-order valence-corrected chi connectivity index (χ0v) is 17.9. The number of aromatic nitrogens is 1. The van der Waals surface area contributed by atoms with Gasteiger partial charge in [0, 0.05) is 24.0 Å². The number of nitrogens with zero attached hydrogens (tertiary/aromatic N) is 3. The number of rotatable bonds is 10. The summed E-state index contributed by atoms with van der Waals surface area (Å²) in [7, 11) is 0. The van der Waals surface area contributed by atoms with E-state index in [1.807, 2.05) is 6.92 Å². The Morgan fingerprint density at radius 1 is 1.52 bits per heavy atom. The number of nitrogens with one attached hydrogen (secondary N) is 1. The number of likely N-dealkylation sites (tertiary alicyclic amines) is 1. The Bertz CT molecular complexity index is 749. The van der Waals surface area contributed by atoms with Gasteiger partial charge in [-0.1, -0.05) is 19.8 Å². The van der Waals surface area contributed by atoms with E-state index in [0.717, 1.165) is 37.0 Å². The van der Waals surface area contributed by atoms with Crippen LogP contribution in [0.2, 0.25) is 0 Å². The first-order valence-corrected chi connectivity index (χ1v) is 11.1. The molecule has 1 spiro atoms. The first-order chi connectivity index (χ1) is 13.9. The summed E-state index contributed by atoms with van der Waals surface area (Å²) in [4.78, 5) is 43.7. The summed E-state index contributed by atoms with van der Waals surface area (Å²) in [6.07, 6.45) is 7.73. The van der Waals surface area contributed by atoms with Crippen LogP contribution in [0.5, 0.6) is 0 Å². The topological polar surface area (TPSA) is 103 Å². The molecule has 0 bridgehead atoms.